The normalized spacial score (nSPS) is 18.7. The largest absolute Gasteiger partial charge is 0.481 e. The van der Waals surface area contributed by atoms with E-state index in [1.54, 1.807) is 0 Å². The molecule has 2 aliphatic rings. The lowest BCUT2D eigenvalue weighted by Crippen LogP contribution is -2.49. The molecule has 1 aliphatic carbocycles. The summed E-state index contributed by atoms with van der Waals surface area (Å²) < 4.78 is 16.2. The van der Waals surface area contributed by atoms with E-state index < -0.39 is 24.2 Å². The summed E-state index contributed by atoms with van der Waals surface area (Å²) in [5, 5.41) is 14.0. The van der Waals surface area contributed by atoms with Crippen LogP contribution in [0.1, 0.15) is 29.9 Å². The second-order valence-corrected chi connectivity index (χ2v) is 8.20. The molecule has 2 aromatic carbocycles. The van der Waals surface area contributed by atoms with Gasteiger partial charge in [0.2, 0.25) is 0 Å². The molecular weight excluding hydrogens is 440 g/mol. The van der Waals surface area contributed by atoms with E-state index in [2.05, 4.69) is 34.9 Å². The first-order valence-electron chi connectivity index (χ1n) is 11.3. The molecule has 1 heterocycles. The molecule has 1 fully saturated rings. The van der Waals surface area contributed by atoms with Gasteiger partial charge in [0.25, 0.3) is 5.91 Å². The van der Waals surface area contributed by atoms with Gasteiger partial charge >= 0.3 is 12.1 Å². The maximum atomic E-state index is 12.5. The molecule has 3 N–H and O–H groups in total. The lowest BCUT2D eigenvalue weighted by atomic mass is 9.98. The molecule has 1 aliphatic heterocycles. The number of hydrogen-bond acceptors (Lipinski definition) is 6. The van der Waals surface area contributed by atoms with Crippen LogP contribution in [0, 0.1) is 0 Å². The molecule has 0 radical (unpaired) electrons. The molecule has 1 saturated heterocycles. The Morgan fingerprint density at radius 1 is 1.00 bits per heavy atom. The second-order valence-electron chi connectivity index (χ2n) is 8.20. The van der Waals surface area contributed by atoms with Gasteiger partial charge in [-0.25, -0.2) is 4.79 Å². The molecule has 4 rings (SSSR count). The Kier molecular flexibility index (Phi) is 7.76. The molecule has 2 amide bonds. The highest BCUT2D eigenvalue weighted by Gasteiger charge is 2.36. The van der Waals surface area contributed by atoms with Crippen LogP contribution in [0.4, 0.5) is 4.79 Å². The third-order valence-electron chi connectivity index (χ3n) is 6.00. The number of benzene rings is 2. The monoisotopic (exact) mass is 468 g/mol. The molecular formula is C25H28N2O7. The Hall–Kier alpha value is -3.43. The Morgan fingerprint density at radius 2 is 1.68 bits per heavy atom. The predicted octanol–water partition coefficient (Wildman–Crippen LogP) is 2.29. The summed E-state index contributed by atoms with van der Waals surface area (Å²) in [6, 6.07) is 15.7. The number of fused-ring (bicyclic) bond motifs is 3. The van der Waals surface area contributed by atoms with Crippen LogP contribution in [0.15, 0.2) is 48.5 Å². The fourth-order valence-corrected chi connectivity index (χ4v) is 4.40. The standard InChI is InChI=1S/C25H28N2O7/c28-22(29)10-12-32-14-11-26-24(30)23-21(9-13-33-23)27-25(31)34-15-20-18-7-3-1-5-16(18)17-6-2-4-8-19(17)20/h1-8,20-21,23H,9-15H2,(H,26,30)(H,27,31)(H,28,29)/t21-,23+/m1/s1. The van der Waals surface area contributed by atoms with Gasteiger partial charge in [-0.3, -0.25) is 9.59 Å². The Bertz CT molecular complexity index is 996. The fraction of sp³-hybridized carbons (Fsp3) is 0.400. The molecule has 0 bridgehead atoms. The van der Waals surface area contributed by atoms with Gasteiger partial charge in [0.1, 0.15) is 6.61 Å². The summed E-state index contributed by atoms with van der Waals surface area (Å²) >= 11 is 0. The van der Waals surface area contributed by atoms with Crippen LogP contribution in [0.3, 0.4) is 0 Å². The number of hydrogen-bond donors (Lipinski definition) is 3. The first-order valence-corrected chi connectivity index (χ1v) is 11.3. The van der Waals surface area contributed by atoms with E-state index in [9.17, 15) is 14.4 Å². The summed E-state index contributed by atoms with van der Waals surface area (Å²) in [4.78, 5) is 35.4. The van der Waals surface area contributed by atoms with Gasteiger partial charge < -0.3 is 30.0 Å². The smallest absolute Gasteiger partial charge is 0.407 e. The number of ether oxygens (including phenoxy) is 3. The van der Waals surface area contributed by atoms with Crippen molar-refractivity contribution in [3.05, 3.63) is 59.7 Å². The predicted molar refractivity (Wildman–Crippen MR) is 122 cm³/mol. The van der Waals surface area contributed by atoms with Crippen LogP contribution in [0.2, 0.25) is 0 Å². The van der Waals surface area contributed by atoms with Crippen LogP contribution >= 0.6 is 0 Å². The van der Waals surface area contributed by atoms with E-state index in [1.807, 2.05) is 24.3 Å². The number of carbonyl (C=O) groups is 3. The molecule has 9 nitrogen and oxygen atoms in total. The van der Waals surface area contributed by atoms with Crippen molar-refractivity contribution >= 4 is 18.0 Å². The average Bonchev–Trinajstić information content (AvgIpc) is 3.42. The van der Waals surface area contributed by atoms with Crippen molar-refractivity contribution in [3.63, 3.8) is 0 Å². The molecule has 0 spiro atoms. The fourth-order valence-electron chi connectivity index (χ4n) is 4.40. The van der Waals surface area contributed by atoms with Crippen molar-refractivity contribution in [2.75, 3.05) is 33.0 Å². The quantitative estimate of drug-likeness (QED) is 0.457. The van der Waals surface area contributed by atoms with E-state index in [0.29, 0.717) is 13.0 Å². The van der Waals surface area contributed by atoms with E-state index in [0.717, 1.165) is 22.3 Å². The average molecular weight is 469 g/mol. The highest BCUT2D eigenvalue weighted by Crippen LogP contribution is 2.44. The number of aliphatic carboxylic acids is 1. The van der Waals surface area contributed by atoms with Crippen molar-refractivity contribution in [2.45, 2.75) is 30.9 Å². The Morgan fingerprint density at radius 3 is 2.35 bits per heavy atom. The summed E-state index contributed by atoms with van der Waals surface area (Å²) in [7, 11) is 0. The molecule has 34 heavy (non-hydrogen) atoms. The summed E-state index contributed by atoms with van der Waals surface area (Å²) in [5.74, 6) is -1.34. The van der Waals surface area contributed by atoms with Crippen LogP contribution in [0.5, 0.6) is 0 Å². The minimum absolute atomic E-state index is 0.0433. The van der Waals surface area contributed by atoms with Gasteiger partial charge in [0.15, 0.2) is 6.10 Å². The number of carboxylic acids is 1. The Labute approximate surface area is 197 Å². The van der Waals surface area contributed by atoms with E-state index in [4.69, 9.17) is 19.3 Å². The molecule has 2 aromatic rings. The van der Waals surface area contributed by atoms with Gasteiger partial charge in [0.05, 0.1) is 25.7 Å². The third-order valence-corrected chi connectivity index (χ3v) is 6.00. The lowest BCUT2D eigenvalue weighted by molar-refractivity contribution is -0.138. The second kappa shape index (κ2) is 11.1. The van der Waals surface area contributed by atoms with Crippen molar-refractivity contribution in [3.8, 4) is 11.1 Å². The number of carbonyl (C=O) groups excluding carboxylic acids is 2. The lowest BCUT2D eigenvalue weighted by Gasteiger charge is -2.20. The number of rotatable bonds is 10. The molecule has 0 unspecified atom stereocenters. The van der Waals surface area contributed by atoms with Crippen molar-refractivity contribution in [1.82, 2.24) is 10.6 Å². The first-order chi connectivity index (χ1) is 16.5. The van der Waals surface area contributed by atoms with E-state index in [1.165, 1.54) is 0 Å². The van der Waals surface area contributed by atoms with Gasteiger partial charge in [-0.1, -0.05) is 48.5 Å². The molecule has 0 aromatic heterocycles. The zero-order valence-electron chi connectivity index (χ0n) is 18.7. The zero-order valence-corrected chi connectivity index (χ0v) is 18.7. The van der Waals surface area contributed by atoms with Crippen LogP contribution in [-0.2, 0) is 23.8 Å². The number of carboxylic acid groups (broad SMARTS) is 1. The number of nitrogens with one attached hydrogen (secondary N) is 2. The maximum absolute atomic E-state index is 12.5. The van der Waals surface area contributed by atoms with Crippen molar-refractivity contribution in [2.24, 2.45) is 0 Å². The molecule has 9 heteroatoms. The summed E-state index contributed by atoms with van der Waals surface area (Å²) in [6.45, 7) is 1.03. The SMILES string of the molecule is O=C(O)CCOCCNC(=O)[C@H]1OCC[C@H]1NC(=O)OCC1c2ccccc2-c2ccccc21. The third kappa shape index (κ3) is 5.55. The van der Waals surface area contributed by atoms with Crippen molar-refractivity contribution in [1.29, 1.82) is 0 Å². The summed E-state index contributed by atoms with van der Waals surface area (Å²) in [5.41, 5.74) is 4.56. The highest BCUT2D eigenvalue weighted by atomic mass is 16.6. The number of amides is 2. The van der Waals surface area contributed by atoms with E-state index >= 15 is 0 Å². The summed E-state index contributed by atoms with van der Waals surface area (Å²) in [6.07, 6.45) is -1.00. The van der Waals surface area contributed by atoms with Gasteiger partial charge in [-0.05, 0) is 28.7 Å². The first kappa shape index (κ1) is 23.7. The van der Waals surface area contributed by atoms with Gasteiger partial charge in [-0.2, -0.15) is 0 Å². The number of alkyl carbamates (subject to hydrolysis) is 1. The topological polar surface area (TPSA) is 123 Å². The van der Waals surface area contributed by atoms with E-state index in [-0.39, 0.29) is 44.6 Å². The van der Waals surface area contributed by atoms with Crippen molar-refractivity contribution < 1.29 is 33.7 Å². The van der Waals surface area contributed by atoms with Crippen LogP contribution in [-0.4, -0.2) is 68.2 Å². The minimum atomic E-state index is -0.939. The molecule has 180 valence electrons. The molecule has 2 atom stereocenters. The zero-order chi connectivity index (χ0) is 23.9. The minimum Gasteiger partial charge on any atom is -0.481 e. The maximum Gasteiger partial charge on any atom is 0.407 e. The van der Waals surface area contributed by atoms with Crippen LogP contribution in [0.25, 0.3) is 11.1 Å². The van der Waals surface area contributed by atoms with Crippen LogP contribution < -0.4 is 10.6 Å². The van der Waals surface area contributed by atoms with Gasteiger partial charge in [0, 0.05) is 19.1 Å². The molecule has 0 saturated carbocycles. The highest BCUT2D eigenvalue weighted by molar-refractivity contribution is 5.83. The Balaban J connectivity index is 1.25. The van der Waals surface area contributed by atoms with Gasteiger partial charge in [-0.15, -0.1) is 0 Å².